The Morgan fingerprint density at radius 1 is 1.04 bits per heavy atom. The number of carbonyl (C=O) groups excluding carboxylic acids is 1. The Kier molecular flexibility index (Phi) is 5.71. The number of hydrogen-bond acceptors (Lipinski definition) is 2. The highest BCUT2D eigenvalue weighted by Crippen LogP contribution is 2.23. The monoisotopic (exact) mass is 338 g/mol. The minimum absolute atomic E-state index is 0.0102. The largest absolute Gasteiger partial charge is 0.381 e. The van der Waals surface area contributed by atoms with E-state index in [4.69, 9.17) is 4.74 Å². The predicted octanol–water partition coefficient (Wildman–Crippen LogP) is 3.90. The Bertz CT molecular complexity index is 677. The Labute approximate surface area is 149 Å². The van der Waals surface area contributed by atoms with Crippen molar-refractivity contribution in [1.82, 2.24) is 10.2 Å². The average molecular weight is 338 g/mol. The Balaban J connectivity index is 1.76. The first kappa shape index (κ1) is 17.5. The number of benzene rings is 2. The molecule has 0 aromatic heterocycles. The minimum Gasteiger partial charge on any atom is -0.381 e. The lowest BCUT2D eigenvalue weighted by Crippen LogP contribution is -2.46. The number of urea groups is 1. The number of nitrogens with zero attached hydrogens (tertiary/aromatic N) is 1. The fourth-order valence-electron chi connectivity index (χ4n) is 3.27. The molecule has 0 aliphatic carbocycles. The number of piperidine rings is 1. The summed E-state index contributed by atoms with van der Waals surface area (Å²) in [5.41, 5.74) is 3.40. The summed E-state index contributed by atoms with van der Waals surface area (Å²) in [5.74, 6) is 0. The summed E-state index contributed by atoms with van der Waals surface area (Å²) in [6.07, 6.45) is 2.06. The standard InChI is InChI=1S/C21H26N2O2/c1-16-8-10-18(11-9-16)20(17-6-4-3-5-7-17)22-21(24)23-14-12-19(25-2)13-15-23/h3-11,19-20H,12-15H2,1-2H3,(H,22,24). The summed E-state index contributed by atoms with van der Waals surface area (Å²) in [6, 6.07) is 18.3. The zero-order valence-corrected chi connectivity index (χ0v) is 14.9. The second kappa shape index (κ2) is 8.17. The summed E-state index contributed by atoms with van der Waals surface area (Å²) < 4.78 is 5.39. The van der Waals surface area contributed by atoms with Gasteiger partial charge in [-0.2, -0.15) is 0 Å². The van der Waals surface area contributed by atoms with E-state index in [-0.39, 0.29) is 18.2 Å². The van der Waals surface area contributed by atoms with Crippen LogP contribution in [0.5, 0.6) is 0 Å². The normalized spacial score (nSPS) is 16.5. The number of ether oxygens (including phenoxy) is 1. The van der Waals surface area contributed by atoms with Crippen molar-refractivity contribution in [3.63, 3.8) is 0 Å². The van der Waals surface area contributed by atoms with E-state index < -0.39 is 0 Å². The Hall–Kier alpha value is -2.33. The number of nitrogens with one attached hydrogen (secondary N) is 1. The molecule has 1 aliphatic rings. The van der Waals surface area contributed by atoms with Crippen LogP contribution in [0.25, 0.3) is 0 Å². The summed E-state index contributed by atoms with van der Waals surface area (Å²) in [7, 11) is 1.74. The molecule has 132 valence electrons. The van der Waals surface area contributed by atoms with E-state index in [1.807, 2.05) is 23.1 Å². The SMILES string of the molecule is COC1CCN(C(=O)NC(c2ccccc2)c2ccc(C)cc2)CC1. The van der Waals surface area contributed by atoms with E-state index in [1.165, 1.54) is 5.56 Å². The lowest BCUT2D eigenvalue weighted by atomic mass is 9.98. The first-order valence-corrected chi connectivity index (χ1v) is 8.87. The van der Waals surface area contributed by atoms with Gasteiger partial charge in [0.15, 0.2) is 0 Å². The number of rotatable bonds is 4. The van der Waals surface area contributed by atoms with Gasteiger partial charge in [0.2, 0.25) is 0 Å². The Morgan fingerprint density at radius 3 is 2.24 bits per heavy atom. The first-order chi connectivity index (χ1) is 12.2. The number of methoxy groups -OCH3 is 1. The molecule has 0 saturated carbocycles. The fourth-order valence-corrected chi connectivity index (χ4v) is 3.27. The van der Waals surface area contributed by atoms with Crippen LogP contribution in [0.4, 0.5) is 4.79 Å². The van der Waals surface area contributed by atoms with E-state index in [0.717, 1.165) is 37.1 Å². The molecular formula is C21H26N2O2. The number of carbonyl (C=O) groups is 1. The average Bonchev–Trinajstić information content (AvgIpc) is 2.67. The van der Waals surface area contributed by atoms with Gasteiger partial charge in [0, 0.05) is 20.2 Å². The van der Waals surface area contributed by atoms with Gasteiger partial charge in [0.25, 0.3) is 0 Å². The van der Waals surface area contributed by atoms with E-state index in [2.05, 4.69) is 48.6 Å². The van der Waals surface area contributed by atoms with Crippen LogP contribution in [0.2, 0.25) is 0 Å². The number of hydrogen-bond donors (Lipinski definition) is 1. The summed E-state index contributed by atoms with van der Waals surface area (Å²) in [6.45, 7) is 3.54. The van der Waals surface area contributed by atoms with Crippen LogP contribution in [-0.2, 0) is 4.74 Å². The number of amides is 2. The maximum absolute atomic E-state index is 12.8. The molecule has 4 heteroatoms. The topological polar surface area (TPSA) is 41.6 Å². The molecule has 2 aromatic carbocycles. The van der Waals surface area contributed by atoms with Crippen molar-refractivity contribution in [3.8, 4) is 0 Å². The van der Waals surface area contributed by atoms with Gasteiger partial charge in [0.05, 0.1) is 12.1 Å². The molecular weight excluding hydrogens is 312 g/mol. The van der Waals surface area contributed by atoms with E-state index in [9.17, 15) is 4.79 Å². The van der Waals surface area contributed by atoms with Gasteiger partial charge < -0.3 is 15.0 Å². The van der Waals surface area contributed by atoms with Crippen LogP contribution in [0.1, 0.15) is 35.6 Å². The van der Waals surface area contributed by atoms with Crippen molar-refractivity contribution in [2.24, 2.45) is 0 Å². The summed E-state index contributed by atoms with van der Waals surface area (Å²) in [4.78, 5) is 14.7. The lowest BCUT2D eigenvalue weighted by molar-refractivity contribution is 0.0501. The van der Waals surface area contributed by atoms with Gasteiger partial charge in [-0.15, -0.1) is 0 Å². The van der Waals surface area contributed by atoms with Gasteiger partial charge in [-0.3, -0.25) is 0 Å². The lowest BCUT2D eigenvalue weighted by Gasteiger charge is -2.33. The first-order valence-electron chi connectivity index (χ1n) is 8.87. The van der Waals surface area contributed by atoms with Crippen LogP contribution < -0.4 is 5.32 Å². The van der Waals surface area contributed by atoms with Crippen LogP contribution in [0.3, 0.4) is 0 Å². The highest BCUT2D eigenvalue weighted by molar-refractivity contribution is 5.75. The Morgan fingerprint density at radius 2 is 1.64 bits per heavy atom. The third-order valence-corrected chi connectivity index (χ3v) is 4.87. The zero-order valence-electron chi connectivity index (χ0n) is 14.9. The van der Waals surface area contributed by atoms with Crippen molar-refractivity contribution in [2.75, 3.05) is 20.2 Å². The third-order valence-electron chi connectivity index (χ3n) is 4.87. The molecule has 2 aromatic rings. The highest BCUT2D eigenvalue weighted by atomic mass is 16.5. The van der Waals surface area contributed by atoms with Gasteiger partial charge in [0.1, 0.15) is 0 Å². The van der Waals surface area contributed by atoms with Gasteiger partial charge in [-0.25, -0.2) is 4.79 Å². The molecule has 1 fully saturated rings. The molecule has 25 heavy (non-hydrogen) atoms. The quantitative estimate of drug-likeness (QED) is 0.918. The molecule has 1 heterocycles. The summed E-state index contributed by atoms with van der Waals surface area (Å²) in [5, 5.41) is 3.22. The molecule has 0 spiro atoms. The van der Waals surface area contributed by atoms with Crippen LogP contribution in [0, 0.1) is 6.92 Å². The second-order valence-corrected chi connectivity index (χ2v) is 6.63. The number of aryl methyl sites for hydroxylation is 1. The van der Waals surface area contributed by atoms with E-state index in [1.54, 1.807) is 7.11 Å². The molecule has 3 rings (SSSR count). The molecule has 4 nitrogen and oxygen atoms in total. The molecule has 2 amide bonds. The van der Waals surface area contributed by atoms with E-state index >= 15 is 0 Å². The maximum Gasteiger partial charge on any atom is 0.318 e. The van der Waals surface area contributed by atoms with E-state index in [0.29, 0.717) is 0 Å². The van der Waals surface area contributed by atoms with Crippen molar-refractivity contribution >= 4 is 6.03 Å². The predicted molar refractivity (Wildman–Crippen MR) is 99.6 cm³/mol. The molecule has 1 atom stereocenters. The minimum atomic E-state index is -0.144. The number of likely N-dealkylation sites (tertiary alicyclic amines) is 1. The van der Waals surface area contributed by atoms with Crippen molar-refractivity contribution in [3.05, 3.63) is 71.3 Å². The van der Waals surface area contributed by atoms with Crippen LogP contribution in [-0.4, -0.2) is 37.2 Å². The van der Waals surface area contributed by atoms with Gasteiger partial charge in [-0.05, 0) is 30.9 Å². The molecule has 1 N–H and O–H groups in total. The molecule has 1 aliphatic heterocycles. The van der Waals surface area contributed by atoms with Crippen LogP contribution in [0.15, 0.2) is 54.6 Å². The highest BCUT2D eigenvalue weighted by Gasteiger charge is 2.25. The third kappa shape index (κ3) is 4.40. The second-order valence-electron chi connectivity index (χ2n) is 6.63. The van der Waals surface area contributed by atoms with Crippen molar-refractivity contribution in [2.45, 2.75) is 31.9 Å². The van der Waals surface area contributed by atoms with Gasteiger partial charge in [-0.1, -0.05) is 60.2 Å². The zero-order chi connectivity index (χ0) is 17.6. The molecule has 0 radical (unpaired) electrons. The maximum atomic E-state index is 12.8. The van der Waals surface area contributed by atoms with Crippen LogP contribution >= 0.6 is 0 Å². The molecule has 1 unspecified atom stereocenters. The fraction of sp³-hybridized carbons (Fsp3) is 0.381. The van der Waals surface area contributed by atoms with Gasteiger partial charge >= 0.3 is 6.03 Å². The van der Waals surface area contributed by atoms with Crippen molar-refractivity contribution in [1.29, 1.82) is 0 Å². The summed E-state index contributed by atoms with van der Waals surface area (Å²) >= 11 is 0. The molecule has 0 bridgehead atoms. The van der Waals surface area contributed by atoms with Crippen molar-refractivity contribution < 1.29 is 9.53 Å². The smallest absolute Gasteiger partial charge is 0.318 e. The molecule has 1 saturated heterocycles.